The zero-order valence-electron chi connectivity index (χ0n) is 15.9. The van der Waals surface area contributed by atoms with Crippen molar-refractivity contribution >= 4 is 5.91 Å². The second kappa shape index (κ2) is 7.99. The number of carbonyl (C=O) groups excluding carboxylic acids is 1. The number of amides is 1. The number of carbonyl (C=O) groups is 1. The predicted octanol–water partition coefficient (Wildman–Crippen LogP) is 3.06. The van der Waals surface area contributed by atoms with Gasteiger partial charge in [-0.3, -0.25) is 9.48 Å². The number of benzene rings is 1. The van der Waals surface area contributed by atoms with Crippen LogP contribution in [0.5, 0.6) is 11.5 Å². The second-order valence-corrected chi connectivity index (χ2v) is 6.26. The van der Waals surface area contributed by atoms with Crippen molar-refractivity contribution in [1.82, 2.24) is 15.1 Å². The molecule has 0 aliphatic heterocycles. The molecule has 0 saturated carbocycles. The Bertz CT molecular complexity index is 915. The van der Waals surface area contributed by atoms with E-state index in [2.05, 4.69) is 10.4 Å². The highest BCUT2D eigenvalue weighted by molar-refractivity contribution is 5.94. The first-order chi connectivity index (χ1) is 13.0. The number of nitrogens with one attached hydrogen (secondary N) is 1. The van der Waals surface area contributed by atoms with Crippen LogP contribution in [0, 0.1) is 0 Å². The molecule has 142 valence electrons. The Morgan fingerprint density at radius 3 is 2.74 bits per heavy atom. The summed E-state index contributed by atoms with van der Waals surface area (Å²) in [4.78, 5) is 12.7. The molecule has 0 radical (unpaired) electrons. The van der Waals surface area contributed by atoms with E-state index >= 15 is 0 Å². The van der Waals surface area contributed by atoms with Crippen molar-refractivity contribution in [2.75, 3.05) is 14.2 Å². The number of ether oxygens (including phenoxy) is 2. The summed E-state index contributed by atoms with van der Waals surface area (Å²) in [5.74, 6) is 1.98. The number of nitrogens with zero attached hydrogens (tertiary/aromatic N) is 2. The third-order valence-corrected chi connectivity index (χ3v) is 4.26. The van der Waals surface area contributed by atoms with Gasteiger partial charge in [0, 0.05) is 25.1 Å². The summed E-state index contributed by atoms with van der Waals surface area (Å²) in [6.45, 7) is 1.93. The van der Waals surface area contributed by atoms with Crippen molar-refractivity contribution in [3.05, 3.63) is 54.1 Å². The third kappa shape index (κ3) is 4.13. The molecule has 7 nitrogen and oxygen atoms in total. The molecule has 0 bridgehead atoms. The molecule has 0 aliphatic carbocycles. The fourth-order valence-corrected chi connectivity index (χ4v) is 2.90. The molecule has 2 heterocycles. The van der Waals surface area contributed by atoms with Gasteiger partial charge in [-0.15, -0.1) is 0 Å². The number of aromatic nitrogens is 2. The van der Waals surface area contributed by atoms with E-state index < -0.39 is 0 Å². The zero-order chi connectivity index (χ0) is 19.4. The van der Waals surface area contributed by atoms with Gasteiger partial charge in [0.05, 0.1) is 26.2 Å². The van der Waals surface area contributed by atoms with Crippen molar-refractivity contribution in [2.45, 2.75) is 19.4 Å². The Morgan fingerprint density at radius 2 is 2.07 bits per heavy atom. The SMILES string of the molecule is COc1ccc(OC)c(-c2cc(C(=O)N[C@H](C)Cc3ccco3)n(C)n2)c1. The smallest absolute Gasteiger partial charge is 0.269 e. The molecule has 3 rings (SSSR count). The molecule has 7 heteroatoms. The van der Waals surface area contributed by atoms with E-state index in [9.17, 15) is 4.79 Å². The van der Waals surface area contributed by atoms with Crippen LogP contribution < -0.4 is 14.8 Å². The second-order valence-electron chi connectivity index (χ2n) is 6.26. The van der Waals surface area contributed by atoms with Gasteiger partial charge in [0.25, 0.3) is 5.91 Å². The van der Waals surface area contributed by atoms with Crippen molar-refractivity contribution in [1.29, 1.82) is 0 Å². The maximum Gasteiger partial charge on any atom is 0.269 e. The lowest BCUT2D eigenvalue weighted by atomic mass is 10.1. The van der Waals surface area contributed by atoms with E-state index in [0.717, 1.165) is 11.3 Å². The molecule has 27 heavy (non-hydrogen) atoms. The van der Waals surface area contributed by atoms with Gasteiger partial charge < -0.3 is 19.2 Å². The molecule has 3 aromatic rings. The Hall–Kier alpha value is -3.22. The fraction of sp³-hybridized carbons (Fsp3) is 0.300. The Morgan fingerprint density at radius 1 is 1.26 bits per heavy atom. The molecule has 1 atom stereocenters. The van der Waals surface area contributed by atoms with Crippen molar-refractivity contribution in [3.63, 3.8) is 0 Å². The molecule has 0 saturated heterocycles. The molecule has 0 spiro atoms. The van der Waals surface area contributed by atoms with Crippen molar-refractivity contribution < 1.29 is 18.7 Å². The standard InChI is InChI=1S/C20H23N3O4/c1-13(10-15-6-5-9-27-15)21-20(24)18-12-17(22-23(18)2)16-11-14(25-3)7-8-19(16)26-4/h5-9,11-13H,10H2,1-4H3,(H,21,24)/t13-/m1/s1. The van der Waals surface area contributed by atoms with E-state index in [1.54, 1.807) is 38.3 Å². The Balaban J connectivity index is 1.81. The maximum absolute atomic E-state index is 12.7. The van der Waals surface area contributed by atoms with E-state index in [4.69, 9.17) is 13.9 Å². The number of rotatable bonds is 7. The highest BCUT2D eigenvalue weighted by Gasteiger charge is 2.19. The highest BCUT2D eigenvalue weighted by atomic mass is 16.5. The fourth-order valence-electron chi connectivity index (χ4n) is 2.90. The van der Waals surface area contributed by atoms with Crippen molar-refractivity contribution in [2.24, 2.45) is 7.05 Å². The molecule has 1 N–H and O–H groups in total. The largest absolute Gasteiger partial charge is 0.497 e. The Labute approximate surface area is 157 Å². The van der Waals surface area contributed by atoms with Gasteiger partial charge >= 0.3 is 0 Å². The van der Waals surface area contributed by atoms with Crippen LogP contribution >= 0.6 is 0 Å². The molecular weight excluding hydrogens is 346 g/mol. The lowest BCUT2D eigenvalue weighted by molar-refractivity contribution is 0.0929. The van der Waals surface area contributed by atoms with Gasteiger partial charge in [-0.1, -0.05) is 0 Å². The quantitative estimate of drug-likeness (QED) is 0.692. The maximum atomic E-state index is 12.7. The van der Waals surface area contributed by atoms with Crippen molar-refractivity contribution in [3.8, 4) is 22.8 Å². The average Bonchev–Trinajstić information content (AvgIpc) is 3.30. The first-order valence-corrected chi connectivity index (χ1v) is 8.61. The summed E-state index contributed by atoms with van der Waals surface area (Å²) in [7, 11) is 4.93. The molecular formula is C20H23N3O4. The van der Waals surface area contributed by atoms with E-state index in [1.165, 1.54) is 0 Å². The van der Waals surface area contributed by atoms with Crippen LogP contribution in [-0.2, 0) is 13.5 Å². The summed E-state index contributed by atoms with van der Waals surface area (Å²) in [5, 5.41) is 7.45. The summed E-state index contributed by atoms with van der Waals surface area (Å²) < 4.78 is 17.6. The first kappa shape index (κ1) is 18.6. The van der Waals surface area contributed by atoms with E-state index in [1.807, 2.05) is 37.3 Å². The van der Waals surface area contributed by atoms with E-state index in [-0.39, 0.29) is 11.9 Å². The Kier molecular flexibility index (Phi) is 5.49. The average molecular weight is 369 g/mol. The van der Waals surface area contributed by atoms with Crippen LogP contribution in [0.4, 0.5) is 0 Å². The molecule has 1 aromatic carbocycles. The lowest BCUT2D eigenvalue weighted by Crippen LogP contribution is -2.35. The molecule has 0 aliphatic rings. The number of hydrogen-bond acceptors (Lipinski definition) is 5. The predicted molar refractivity (Wildman–Crippen MR) is 101 cm³/mol. The van der Waals surface area contributed by atoms with Crippen LogP contribution in [0.1, 0.15) is 23.2 Å². The summed E-state index contributed by atoms with van der Waals surface area (Å²) in [6, 6.07) is 10.9. The zero-order valence-corrected chi connectivity index (χ0v) is 15.9. The van der Waals surface area contributed by atoms with Crippen LogP contribution in [0.3, 0.4) is 0 Å². The minimum Gasteiger partial charge on any atom is -0.497 e. The van der Waals surface area contributed by atoms with Crippen LogP contribution in [0.15, 0.2) is 47.1 Å². The number of furan rings is 1. The van der Waals surface area contributed by atoms with Gasteiger partial charge in [-0.05, 0) is 43.3 Å². The third-order valence-electron chi connectivity index (χ3n) is 4.26. The number of aryl methyl sites for hydroxylation is 1. The summed E-state index contributed by atoms with van der Waals surface area (Å²) >= 11 is 0. The van der Waals surface area contributed by atoms with Crippen LogP contribution in [-0.4, -0.2) is 35.9 Å². The first-order valence-electron chi connectivity index (χ1n) is 8.61. The van der Waals surface area contributed by atoms with Gasteiger partial charge in [-0.2, -0.15) is 5.10 Å². The van der Waals surface area contributed by atoms with Crippen LogP contribution in [0.25, 0.3) is 11.3 Å². The van der Waals surface area contributed by atoms with Gasteiger partial charge in [-0.25, -0.2) is 0 Å². The number of methoxy groups -OCH3 is 2. The van der Waals surface area contributed by atoms with E-state index in [0.29, 0.717) is 29.3 Å². The monoisotopic (exact) mass is 369 g/mol. The lowest BCUT2D eigenvalue weighted by Gasteiger charge is -2.12. The molecule has 0 fully saturated rings. The molecule has 0 unspecified atom stereocenters. The topological polar surface area (TPSA) is 78.5 Å². The van der Waals surface area contributed by atoms with Crippen LogP contribution in [0.2, 0.25) is 0 Å². The van der Waals surface area contributed by atoms with Gasteiger partial charge in [0.2, 0.25) is 0 Å². The molecule has 2 aromatic heterocycles. The normalized spacial score (nSPS) is 11.9. The molecule has 1 amide bonds. The minimum atomic E-state index is -0.197. The minimum absolute atomic E-state index is 0.0756. The summed E-state index contributed by atoms with van der Waals surface area (Å²) in [5.41, 5.74) is 1.85. The highest BCUT2D eigenvalue weighted by Crippen LogP contribution is 2.32. The number of hydrogen-bond donors (Lipinski definition) is 1. The van der Waals surface area contributed by atoms with Gasteiger partial charge in [0.1, 0.15) is 23.0 Å². The van der Waals surface area contributed by atoms with Gasteiger partial charge in [0.15, 0.2) is 0 Å². The summed E-state index contributed by atoms with van der Waals surface area (Å²) in [6.07, 6.45) is 2.24.